The van der Waals surface area contributed by atoms with Crippen LogP contribution in [0.5, 0.6) is 0 Å². The Morgan fingerprint density at radius 3 is 2.68 bits per heavy atom. The van der Waals surface area contributed by atoms with Crippen molar-refractivity contribution in [1.29, 1.82) is 0 Å². The summed E-state index contributed by atoms with van der Waals surface area (Å²) in [6.45, 7) is 4.81. The zero-order chi connectivity index (χ0) is 16.1. The quantitative estimate of drug-likeness (QED) is 0.871. The maximum absolute atomic E-state index is 13.2. The number of pyridine rings is 1. The monoisotopic (exact) mass is 310 g/mol. The third kappa shape index (κ3) is 2.36. The molecule has 1 aromatic heterocycles. The molecule has 0 fully saturated rings. The predicted molar refractivity (Wildman–Crippen MR) is 80.4 cm³/mol. The molecule has 2 heterocycles. The lowest BCUT2D eigenvalue weighted by Crippen LogP contribution is -2.37. The molecule has 1 N–H and O–H groups in total. The average molecular weight is 310 g/mol. The molecule has 0 radical (unpaired) electrons. The summed E-state index contributed by atoms with van der Waals surface area (Å²) < 4.78 is 39.7. The molecule has 2 aromatic rings. The van der Waals surface area contributed by atoms with Crippen LogP contribution in [0, 0.1) is 0 Å². The summed E-state index contributed by atoms with van der Waals surface area (Å²) >= 11 is 0. The van der Waals surface area contributed by atoms with Crippen LogP contribution in [0.15, 0.2) is 23.0 Å². The number of anilines is 1. The van der Waals surface area contributed by atoms with Crippen molar-refractivity contribution >= 4 is 16.6 Å². The minimum Gasteiger partial charge on any atom is -0.369 e. The van der Waals surface area contributed by atoms with Gasteiger partial charge in [-0.25, -0.2) is 0 Å². The number of halogens is 3. The summed E-state index contributed by atoms with van der Waals surface area (Å²) in [7, 11) is 0. The number of nitrogens with zero attached hydrogens (tertiary/aromatic N) is 1. The van der Waals surface area contributed by atoms with E-state index in [-0.39, 0.29) is 10.9 Å². The van der Waals surface area contributed by atoms with Crippen LogP contribution in [-0.2, 0) is 12.6 Å². The standard InChI is InChI=1S/C16H17F3N2O/c1-3-21-9(2)4-5-10-6-13-11(7-14(10)21)12(16(17,18)19)8-15(22)20-13/h6-9H,3-5H2,1-2H3,(H,20,22). The van der Waals surface area contributed by atoms with Crippen LogP contribution in [0.1, 0.15) is 31.4 Å². The summed E-state index contributed by atoms with van der Waals surface area (Å²) in [5.74, 6) is 0. The van der Waals surface area contributed by atoms with E-state index >= 15 is 0 Å². The fraction of sp³-hybridized carbons (Fsp3) is 0.438. The van der Waals surface area contributed by atoms with Crippen molar-refractivity contribution in [3.05, 3.63) is 39.7 Å². The maximum Gasteiger partial charge on any atom is 0.417 e. The van der Waals surface area contributed by atoms with Crippen molar-refractivity contribution in [2.75, 3.05) is 11.4 Å². The van der Waals surface area contributed by atoms with E-state index in [1.54, 1.807) is 12.1 Å². The Hall–Kier alpha value is -1.98. The van der Waals surface area contributed by atoms with Gasteiger partial charge in [-0.2, -0.15) is 13.2 Å². The van der Waals surface area contributed by atoms with E-state index in [0.717, 1.165) is 30.6 Å². The van der Waals surface area contributed by atoms with Crippen molar-refractivity contribution in [3.8, 4) is 0 Å². The minimum atomic E-state index is -4.54. The van der Waals surface area contributed by atoms with Crippen molar-refractivity contribution in [2.24, 2.45) is 0 Å². The number of hydrogen-bond donors (Lipinski definition) is 1. The lowest BCUT2D eigenvalue weighted by molar-refractivity contribution is -0.136. The highest BCUT2D eigenvalue weighted by molar-refractivity contribution is 5.88. The highest BCUT2D eigenvalue weighted by atomic mass is 19.4. The van der Waals surface area contributed by atoms with Gasteiger partial charge < -0.3 is 9.88 Å². The van der Waals surface area contributed by atoms with E-state index in [4.69, 9.17) is 0 Å². The van der Waals surface area contributed by atoms with Gasteiger partial charge in [-0.15, -0.1) is 0 Å². The predicted octanol–water partition coefficient (Wildman–Crippen LogP) is 3.71. The van der Waals surface area contributed by atoms with Gasteiger partial charge in [-0.05, 0) is 44.4 Å². The molecular weight excluding hydrogens is 293 g/mol. The zero-order valence-corrected chi connectivity index (χ0v) is 12.4. The van der Waals surface area contributed by atoms with E-state index in [0.29, 0.717) is 12.1 Å². The highest BCUT2D eigenvalue weighted by Crippen LogP contribution is 2.38. The Morgan fingerprint density at radius 1 is 1.32 bits per heavy atom. The van der Waals surface area contributed by atoms with Gasteiger partial charge in [0.15, 0.2) is 0 Å². The Balaban J connectivity index is 2.32. The molecule has 0 amide bonds. The highest BCUT2D eigenvalue weighted by Gasteiger charge is 2.34. The molecule has 1 unspecified atom stereocenters. The van der Waals surface area contributed by atoms with Gasteiger partial charge >= 0.3 is 6.18 Å². The smallest absolute Gasteiger partial charge is 0.369 e. The molecule has 118 valence electrons. The first-order chi connectivity index (χ1) is 10.3. The number of fused-ring (bicyclic) bond motifs is 2. The molecule has 1 aliphatic heterocycles. The van der Waals surface area contributed by atoms with Gasteiger partial charge in [0, 0.05) is 35.2 Å². The molecule has 3 nitrogen and oxygen atoms in total. The number of aryl methyl sites for hydroxylation is 1. The first-order valence-electron chi connectivity index (χ1n) is 7.35. The van der Waals surface area contributed by atoms with Gasteiger partial charge in [0.2, 0.25) is 5.56 Å². The van der Waals surface area contributed by atoms with E-state index < -0.39 is 17.3 Å². The lowest BCUT2D eigenvalue weighted by atomic mass is 9.94. The average Bonchev–Trinajstić information content (AvgIpc) is 2.43. The Morgan fingerprint density at radius 2 is 2.05 bits per heavy atom. The van der Waals surface area contributed by atoms with Crippen LogP contribution < -0.4 is 10.5 Å². The number of nitrogens with one attached hydrogen (secondary N) is 1. The first kappa shape index (κ1) is 14.9. The number of benzene rings is 1. The Kier molecular flexibility index (Phi) is 3.42. The van der Waals surface area contributed by atoms with Crippen molar-refractivity contribution in [3.63, 3.8) is 0 Å². The second-order valence-corrected chi connectivity index (χ2v) is 5.75. The number of rotatable bonds is 1. The number of hydrogen-bond acceptors (Lipinski definition) is 2. The molecule has 6 heteroatoms. The third-order valence-corrected chi connectivity index (χ3v) is 4.36. The molecule has 0 aliphatic carbocycles. The normalized spacial score (nSPS) is 18.6. The summed E-state index contributed by atoms with van der Waals surface area (Å²) in [5.41, 5.74) is 0.484. The number of aromatic amines is 1. The fourth-order valence-electron chi connectivity index (χ4n) is 3.28. The third-order valence-electron chi connectivity index (χ3n) is 4.36. The van der Waals surface area contributed by atoms with Gasteiger partial charge in [0.25, 0.3) is 0 Å². The van der Waals surface area contributed by atoms with E-state index in [1.807, 2.05) is 6.92 Å². The molecule has 22 heavy (non-hydrogen) atoms. The lowest BCUT2D eigenvalue weighted by Gasteiger charge is -2.36. The summed E-state index contributed by atoms with van der Waals surface area (Å²) in [4.78, 5) is 16.2. The summed E-state index contributed by atoms with van der Waals surface area (Å²) in [5, 5.41) is 0.0541. The summed E-state index contributed by atoms with van der Waals surface area (Å²) in [6, 6.07) is 4.20. The van der Waals surface area contributed by atoms with Crippen LogP contribution >= 0.6 is 0 Å². The second kappa shape index (κ2) is 5.04. The first-order valence-corrected chi connectivity index (χ1v) is 7.35. The Bertz CT molecular complexity index is 779. The van der Waals surface area contributed by atoms with Gasteiger partial charge in [-0.3, -0.25) is 4.79 Å². The Labute approximate surface area is 125 Å². The minimum absolute atomic E-state index is 0.0541. The fourth-order valence-corrected chi connectivity index (χ4v) is 3.28. The van der Waals surface area contributed by atoms with Crippen molar-refractivity contribution < 1.29 is 13.2 Å². The molecule has 0 saturated heterocycles. The number of aromatic nitrogens is 1. The van der Waals surface area contributed by atoms with Gasteiger partial charge in [-0.1, -0.05) is 0 Å². The molecule has 0 spiro atoms. The van der Waals surface area contributed by atoms with Crippen LogP contribution in [0.25, 0.3) is 10.9 Å². The summed E-state index contributed by atoms with van der Waals surface area (Å²) in [6.07, 6.45) is -2.78. The molecule has 1 aromatic carbocycles. The maximum atomic E-state index is 13.2. The molecular formula is C16H17F3N2O. The van der Waals surface area contributed by atoms with Crippen molar-refractivity contribution in [2.45, 2.75) is 38.9 Å². The van der Waals surface area contributed by atoms with E-state index in [1.165, 1.54) is 0 Å². The molecule has 1 aliphatic rings. The SMILES string of the molecule is CCN1c2cc3c(C(F)(F)F)cc(=O)[nH]c3cc2CCC1C. The number of H-pyrrole nitrogens is 1. The van der Waals surface area contributed by atoms with E-state index in [9.17, 15) is 18.0 Å². The number of alkyl halides is 3. The van der Waals surface area contributed by atoms with Crippen LogP contribution in [0.2, 0.25) is 0 Å². The van der Waals surface area contributed by atoms with Gasteiger partial charge in [0.1, 0.15) is 0 Å². The zero-order valence-electron chi connectivity index (χ0n) is 12.4. The van der Waals surface area contributed by atoms with Crippen molar-refractivity contribution in [1.82, 2.24) is 4.98 Å². The van der Waals surface area contributed by atoms with Crippen LogP contribution in [0.3, 0.4) is 0 Å². The molecule has 0 bridgehead atoms. The van der Waals surface area contributed by atoms with Crippen LogP contribution in [0.4, 0.5) is 18.9 Å². The largest absolute Gasteiger partial charge is 0.417 e. The van der Waals surface area contributed by atoms with Crippen LogP contribution in [-0.4, -0.2) is 17.6 Å². The molecule has 1 atom stereocenters. The molecule has 0 saturated carbocycles. The molecule has 3 rings (SSSR count). The second-order valence-electron chi connectivity index (χ2n) is 5.75. The topological polar surface area (TPSA) is 36.1 Å². The van der Waals surface area contributed by atoms with E-state index in [2.05, 4.69) is 16.8 Å². The van der Waals surface area contributed by atoms with Gasteiger partial charge in [0.05, 0.1) is 5.56 Å².